The van der Waals surface area contributed by atoms with Crippen LogP contribution >= 0.6 is 0 Å². The van der Waals surface area contributed by atoms with Crippen molar-refractivity contribution < 1.29 is 27.5 Å². The molecule has 1 aliphatic rings. The summed E-state index contributed by atoms with van der Waals surface area (Å²) in [6.45, 7) is -0.0130. The summed E-state index contributed by atoms with van der Waals surface area (Å²) >= 11 is 0. The lowest BCUT2D eigenvalue weighted by Gasteiger charge is -2.26. The van der Waals surface area contributed by atoms with Crippen LogP contribution in [0.3, 0.4) is 0 Å². The van der Waals surface area contributed by atoms with Crippen LogP contribution in [0.25, 0.3) is 0 Å². The first kappa shape index (κ1) is 15.6. The predicted molar refractivity (Wildman–Crippen MR) is 74.6 cm³/mol. The van der Waals surface area contributed by atoms with Crippen LogP contribution in [0.4, 0.5) is 13.2 Å². The number of halogens is 3. The van der Waals surface area contributed by atoms with Crippen molar-refractivity contribution in [2.24, 2.45) is 0 Å². The van der Waals surface area contributed by atoms with Gasteiger partial charge in [-0.25, -0.2) is 0 Å². The van der Waals surface area contributed by atoms with Gasteiger partial charge in [0.05, 0.1) is 29.5 Å². The van der Waals surface area contributed by atoms with Gasteiger partial charge >= 0.3 is 6.18 Å². The number of benzene rings is 1. The summed E-state index contributed by atoms with van der Waals surface area (Å²) in [5.74, 6) is -0.461. The summed E-state index contributed by atoms with van der Waals surface area (Å²) < 4.78 is 44.5. The van der Waals surface area contributed by atoms with E-state index in [4.69, 9.17) is 4.42 Å². The van der Waals surface area contributed by atoms with Gasteiger partial charge in [-0.05, 0) is 24.1 Å². The van der Waals surface area contributed by atoms with Crippen molar-refractivity contribution in [2.45, 2.75) is 24.7 Å². The third kappa shape index (κ3) is 2.96. The molecule has 0 radical (unpaired) electrons. The SMILES string of the molecule is O=C(c1ccoc1)N1CC(O)CC1c1ccccc1C(F)(F)F. The van der Waals surface area contributed by atoms with Crippen molar-refractivity contribution in [1.82, 2.24) is 4.90 Å². The Labute approximate surface area is 130 Å². The third-order valence-corrected chi connectivity index (χ3v) is 3.93. The van der Waals surface area contributed by atoms with Gasteiger partial charge < -0.3 is 14.4 Å². The van der Waals surface area contributed by atoms with Crippen LogP contribution in [0.15, 0.2) is 47.3 Å². The summed E-state index contributed by atoms with van der Waals surface area (Å²) in [6, 6.07) is 5.75. The van der Waals surface area contributed by atoms with E-state index < -0.39 is 29.8 Å². The molecule has 1 fully saturated rings. The Balaban J connectivity index is 2.00. The predicted octanol–water partition coefficient (Wildman–Crippen LogP) is 3.25. The standard InChI is InChI=1S/C16H14F3NO3/c17-16(18,19)13-4-2-1-3-12(13)14-7-11(21)8-20(14)15(22)10-5-6-23-9-10/h1-6,9,11,14,21H,7-8H2. The highest BCUT2D eigenvalue weighted by atomic mass is 19.4. The molecular weight excluding hydrogens is 311 g/mol. The minimum Gasteiger partial charge on any atom is -0.472 e. The maximum absolute atomic E-state index is 13.2. The highest BCUT2D eigenvalue weighted by Crippen LogP contribution is 2.40. The molecule has 1 N–H and O–H groups in total. The quantitative estimate of drug-likeness (QED) is 0.922. The second-order valence-corrected chi connectivity index (χ2v) is 5.46. The minimum absolute atomic E-state index is 0.00612. The smallest absolute Gasteiger partial charge is 0.416 e. The summed E-state index contributed by atoms with van der Waals surface area (Å²) in [7, 11) is 0. The van der Waals surface area contributed by atoms with Crippen molar-refractivity contribution in [3.05, 3.63) is 59.5 Å². The molecule has 1 amide bonds. The number of aliphatic hydroxyl groups excluding tert-OH is 1. The molecule has 0 spiro atoms. The van der Waals surface area contributed by atoms with Gasteiger partial charge in [-0.3, -0.25) is 4.79 Å². The molecule has 0 saturated carbocycles. The van der Waals surface area contributed by atoms with Crippen LogP contribution in [0.5, 0.6) is 0 Å². The number of amides is 1. The number of nitrogens with zero attached hydrogens (tertiary/aromatic N) is 1. The zero-order chi connectivity index (χ0) is 16.6. The number of likely N-dealkylation sites (tertiary alicyclic amines) is 1. The second-order valence-electron chi connectivity index (χ2n) is 5.46. The number of β-amino-alcohol motifs (C(OH)–C–C–N with tert-alkyl or cyclic N) is 1. The Morgan fingerprint density at radius 1 is 1.26 bits per heavy atom. The van der Waals surface area contributed by atoms with Crippen molar-refractivity contribution in [3.63, 3.8) is 0 Å². The van der Waals surface area contributed by atoms with E-state index in [0.29, 0.717) is 0 Å². The first-order valence-corrected chi connectivity index (χ1v) is 7.05. The minimum atomic E-state index is -4.52. The topological polar surface area (TPSA) is 53.7 Å². The fraction of sp³-hybridized carbons (Fsp3) is 0.312. The average molecular weight is 325 g/mol. The van der Waals surface area contributed by atoms with E-state index in [1.807, 2.05) is 0 Å². The summed E-state index contributed by atoms with van der Waals surface area (Å²) in [4.78, 5) is 13.7. The lowest BCUT2D eigenvalue weighted by molar-refractivity contribution is -0.138. The maximum Gasteiger partial charge on any atom is 0.416 e. The molecule has 2 heterocycles. The fourth-order valence-electron chi connectivity index (χ4n) is 2.93. The fourth-order valence-corrected chi connectivity index (χ4v) is 2.93. The molecule has 7 heteroatoms. The number of rotatable bonds is 2. The van der Waals surface area contributed by atoms with Gasteiger partial charge in [-0.2, -0.15) is 13.2 Å². The van der Waals surface area contributed by atoms with Gasteiger partial charge in [-0.15, -0.1) is 0 Å². The van der Waals surface area contributed by atoms with Crippen molar-refractivity contribution >= 4 is 5.91 Å². The highest BCUT2D eigenvalue weighted by Gasteiger charge is 2.41. The molecule has 0 aliphatic carbocycles. The van der Waals surface area contributed by atoms with Crippen LogP contribution in [0, 0.1) is 0 Å². The molecule has 1 aromatic heterocycles. The average Bonchev–Trinajstić information content (AvgIpc) is 3.15. The van der Waals surface area contributed by atoms with E-state index >= 15 is 0 Å². The maximum atomic E-state index is 13.2. The van der Waals surface area contributed by atoms with Gasteiger partial charge in [0.1, 0.15) is 6.26 Å². The first-order chi connectivity index (χ1) is 10.9. The third-order valence-electron chi connectivity index (χ3n) is 3.93. The number of alkyl halides is 3. The van der Waals surface area contributed by atoms with Crippen LogP contribution in [-0.2, 0) is 6.18 Å². The number of hydrogen-bond donors (Lipinski definition) is 1. The summed E-state index contributed by atoms with van der Waals surface area (Å²) in [5.41, 5.74) is -0.550. The Morgan fingerprint density at radius 2 is 2.00 bits per heavy atom. The Bertz CT molecular complexity index is 697. The monoisotopic (exact) mass is 325 g/mol. The van der Waals surface area contributed by atoms with Gasteiger partial charge in [0.2, 0.25) is 0 Å². The van der Waals surface area contributed by atoms with Crippen molar-refractivity contribution in [2.75, 3.05) is 6.54 Å². The second kappa shape index (κ2) is 5.73. The van der Waals surface area contributed by atoms with Gasteiger partial charge in [-0.1, -0.05) is 18.2 Å². The Hall–Kier alpha value is -2.28. The number of carbonyl (C=O) groups excluding carboxylic acids is 1. The van der Waals surface area contributed by atoms with Crippen molar-refractivity contribution in [3.8, 4) is 0 Å². The molecule has 4 nitrogen and oxygen atoms in total. The summed E-state index contributed by atoms with van der Waals surface area (Å²) in [6.07, 6.45) is -2.76. The number of hydrogen-bond acceptors (Lipinski definition) is 3. The molecule has 1 saturated heterocycles. The number of aliphatic hydroxyl groups is 1. The van der Waals surface area contributed by atoms with Crippen LogP contribution in [0.2, 0.25) is 0 Å². The first-order valence-electron chi connectivity index (χ1n) is 7.05. The van der Waals surface area contributed by atoms with E-state index in [1.54, 1.807) is 0 Å². The van der Waals surface area contributed by atoms with E-state index in [2.05, 4.69) is 0 Å². The molecular formula is C16H14F3NO3. The number of furan rings is 1. The highest BCUT2D eigenvalue weighted by molar-refractivity contribution is 5.94. The van der Waals surface area contributed by atoms with Gasteiger partial charge in [0.15, 0.2) is 0 Å². The lowest BCUT2D eigenvalue weighted by Crippen LogP contribution is -2.32. The van der Waals surface area contributed by atoms with E-state index in [-0.39, 0.29) is 24.1 Å². The van der Waals surface area contributed by atoms with Gasteiger partial charge in [0.25, 0.3) is 5.91 Å². The molecule has 23 heavy (non-hydrogen) atoms. The Kier molecular flexibility index (Phi) is 3.89. The van der Waals surface area contributed by atoms with E-state index in [1.165, 1.54) is 41.7 Å². The van der Waals surface area contributed by atoms with E-state index in [0.717, 1.165) is 6.07 Å². The van der Waals surface area contributed by atoms with Crippen LogP contribution < -0.4 is 0 Å². The van der Waals surface area contributed by atoms with Gasteiger partial charge in [0, 0.05) is 6.54 Å². The van der Waals surface area contributed by atoms with E-state index in [9.17, 15) is 23.1 Å². The summed E-state index contributed by atoms with van der Waals surface area (Å²) in [5, 5.41) is 9.87. The largest absolute Gasteiger partial charge is 0.472 e. The lowest BCUT2D eigenvalue weighted by atomic mass is 9.97. The normalized spacial score (nSPS) is 21.7. The molecule has 122 valence electrons. The zero-order valence-electron chi connectivity index (χ0n) is 12.0. The Morgan fingerprint density at radius 3 is 2.65 bits per heavy atom. The van der Waals surface area contributed by atoms with Crippen LogP contribution in [-0.4, -0.2) is 28.6 Å². The number of carbonyl (C=O) groups is 1. The molecule has 3 rings (SSSR count). The molecule has 0 bridgehead atoms. The van der Waals surface area contributed by atoms with Crippen molar-refractivity contribution in [1.29, 1.82) is 0 Å². The molecule has 1 aliphatic heterocycles. The molecule has 2 atom stereocenters. The zero-order valence-corrected chi connectivity index (χ0v) is 12.0. The van der Waals surface area contributed by atoms with Crippen LogP contribution in [0.1, 0.15) is 33.9 Å². The molecule has 2 unspecified atom stereocenters. The molecule has 2 aromatic rings. The molecule has 1 aromatic carbocycles.